The van der Waals surface area contributed by atoms with E-state index in [4.69, 9.17) is 14.2 Å². The van der Waals surface area contributed by atoms with Crippen LogP contribution in [-0.2, 0) is 11.3 Å². The van der Waals surface area contributed by atoms with Gasteiger partial charge in [0, 0.05) is 25.8 Å². The maximum absolute atomic E-state index is 5.94. The third-order valence-electron chi connectivity index (χ3n) is 2.91. The zero-order chi connectivity index (χ0) is 14.6. The highest BCUT2D eigenvalue weighted by Crippen LogP contribution is 2.31. The monoisotopic (exact) mass is 281 g/mol. The summed E-state index contributed by atoms with van der Waals surface area (Å²) in [5.74, 6) is 1.70. The third kappa shape index (κ3) is 5.80. The summed E-state index contributed by atoms with van der Waals surface area (Å²) < 4.78 is 16.6. The fourth-order valence-corrected chi connectivity index (χ4v) is 1.92. The predicted molar refractivity (Wildman–Crippen MR) is 81.6 cm³/mol. The van der Waals surface area contributed by atoms with Crippen molar-refractivity contribution in [1.82, 2.24) is 5.32 Å². The molecule has 0 bridgehead atoms. The maximum Gasteiger partial charge on any atom is 0.165 e. The Bertz CT molecular complexity index is 369. The second-order valence-electron chi connectivity index (χ2n) is 4.51. The summed E-state index contributed by atoms with van der Waals surface area (Å²) in [7, 11) is 1.72. The molecule has 0 heterocycles. The fourth-order valence-electron chi connectivity index (χ4n) is 1.92. The molecule has 1 rings (SSSR count). The lowest BCUT2D eigenvalue weighted by atomic mass is 10.2. The molecule has 20 heavy (non-hydrogen) atoms. The van der Waals surface area contributed by atoms with E-state index in [-0.39, 0.29) is 0 Å². The van der Waals surface area contributed by atoms with Gasteiger partial charge in [0.2, 0.25) is 0 Å². The first-order chi connectivity index (χ1) is 9.83. The molecule has 1 aromatic carbocycles. The lowest BCUT2D eigenvalue weighted by molar-refractivity contribution is 0.182. The van der Waals surface area contributed by atoms with Crippen LogP contribution in [-0.4, -0.2) is 33.5 Å². The molecule has 0 radical (unpaired) electrons. The van der Waals surface area contributed by atoms with Gasteiger partial charge in [-0.2, -0.15) is 0 Å². The molecule has 0 spiro atoms. The Morgan fingerprint density at radius 3 is 2.55 bits per heavy atom. The molecule has 4 nitrogen and oxygen atoms in total. The van der Waals surface area contributed by atoms with Gasteiger partial charge < -0.3 is 19.5 Å². The zero-order valence-electron chi connectivity index (χ0n) is 12.9. The summed E-state index contributed by atoms with van der Waals surface area (Å²) in [6.07, 6.45) is 1.99. The number of para-hydroxylation sites is 1. The average Bonchev–Trinajstić information content (AvgIpc) is 2.47. The number of benzene rings is 1. The quantitative estimate of drug-likeness (QED) is 0.633. The van der Waals surface area contributed by atoms with Crippen LogP contribution in [0.3, 0.4) is 0 Å². The van der Waals surface area contributed by atoms with Gasteiger partial charge >= 0.3 is 0 Å². The summed E-state index contributed by atoms with van der Waals surface area (Å²) in [6, 6.07) is 6.05. The summed E-state index contributed by atoms with van der Waals surface area (Å²) in [5, 5.41) is 3.33. The van der Waals surface area contributed by atoms with Gasteiger partial charge in [0.1, 0.15) is 0 Å². The molecule has 0 fully saturated rings. The van der Waals surface area contributed by atoms with Crippen LogP contribution in [0.25, 0.3) is 0 Å². The molecule has 0 aromatic heterocycles. The van der Waals surface area contributed by atoms with Crippen LogP contribution >= 0.6 is 0 Å². The van der Waals surface area contributed by atoms with Crippen molar-refractivity contribution in [2.75, 3.05) is 33.5 Å². The first-order valence-corrected chi connectivity index (χ1v) is 7.40. The first-order valence-electron chi connectivity index (χ1n) is 7.40. The molecule has 0 unspecified atom stereocenters. The Hall–Kier alpha value is -1.26. The molecular formula is C16H27NO3. The topological polar surface area (TPSA) is 39.7 Å². The smallest absolute Gasteiger partial charge is 0.165 e. The minimum Gasteiger partial charge on any atom is -0.490 e. The van der Waals surface area contributed by atoms with E-state index in [0.29, 0.717) is 13.2 Å². The fraction of sp³-hybridized carbons (Fsp3) is 0.625. The molecule has 0 aliphatic carbocycles. The largest absolute Gasteiger partial charge is 0.490 e. The minimum absolute atomic E-state index is 0.644. The van der Waals surface area contributed by atoms with E-state index in [0.717, 1.165) is 49.6 Å². The van der Waals surface area contributed by atoms with Gasteiger partial charge in [-0.15, -0.1) is 0 Å². The highest BCUT2D eigenvalue weighted by atomic mass is 16.5. The van der Waals surface area contributed by atoms with E-state index in [1.54, 1.807) is 7.11 Å². The van der Waals surface area contributed by atoms with Crippen LogP contribution in [0.4, 0.5) is 0 Å². The van der Waals surface area contributed by atoms with Gasteiger partial charge in [-0.3, -0.25) is 0 Å². The number of methoxy groups -OCH3 is 1. The van der Waals surface area contributed by atoms with Crippen LogP contribution in [0.2, 0.25) is 0 Å². The zero-order valence-corrected chi connectivity index (χ0v) is 12.9. The molecule has 0 saturated carbocycles. The van der Waals surface area contributed by atoms with Gasteiger partial charge in [-0.1, -0.05) is 19.1 Å². The van der Waals surface area contributed by atoms with E-state index < -0.39 is 0 Å². The first kappa shape index (κ1) is 16.8. The molecule has 0 amide bonds. The van der Waals surface area contributed by atoms with Crippen LogP contribution in [0.15, 0.2) is 18.2 Å². The Morgan fingerprint density at radius 1 is 1.05 bits per heavy atom. The number of nitrogens with one attached hydrogen (secondary N) is 1. The molecule has 0 saturated heterocycles. The maximum atomic E-state index is 5.94. The van der Waals surface area contributed by atoms with Crippen molar-refractivity contribution < 1.29 is 14.2 Å². The van der Waals surface area contributed by atoms with Gasteiger partial charge in [-0.05, 0) is 32.4 Å². The van der Waals surface area contributed by atoms with Gasteiger partial charge in [0.15, 0.2) is 11.5 Å². The summed E-state index contributed by atoms with van der Waals surface area (Å²) >= 11 is 0. The molecule has 1 aromatic rings. The number of unbranched alkanes of at least 4 members (excludes halogenated alkanes) is 1. The Morgan fingerprint density at radius 2 is 1.85 bits per heavy atom. The Labute approximate surface area is 122 Å². The molecule has 0 atom stereocenters. The van der Waals surface area contributed by atoms with E-state index in [1.165, 1.54) is 0 Å². The lowest BCUT2D eigenvalue weighted by Crippen LogP contribution is -2.14. The van der Waals surface area contributed by atoms with Crippen LogP contribution in [0, 0.1) is 0 Å². The molecule has 0 aliphatic rings. The number of hydrogen-bond donors (Lipinski definition) is 1. The van der Waals surface area contributed by atoms with Crippen LogP contribution < -0.4 is 14.8 Å². The summed E-state index contributed by atoms with van der Waals surface area (Å²) in [5.41, 5.74) is 1.14. The lowest BCUT2D eigenvalue weighted by Gasteiger charge is -2.16. The Kier molecular flexibility index (Phi) is 8.83. The Balaban J connectivity index is 2.66. The summed E-state index contributed by atoms with van der Waals surface area (Å²) in [4.78, 5) is 0. The number of hydrogen-bond acceptors (Lipinski definition) is 4. The van der Waals surface area contributed by atoms with Gasteiger partial charge in [0.05, 0.1) is 13.2 Å². The standard InChI is InChI=1S/C16H27NO3/c1-4-17-13-14-9-8-10-15(19-5-2)16(14)20-12-7-6-11-18-3/h8-10,17H,4-7,11-13H2,1-3H3. The predicted octanol–water partition coefficient (Wildman–Crippen LogP) is 3.00. The SMILES string of the molecule is CCNCc1cccc(OCC)c1OCCCCOC. The molecule has 1 N–H and O–H groups in total. The van der Waals surface area contributed by atoms with E-state index in [9.17, 15) is 0 Å². The second kappa shape index (κ2) is 10.5. The van der Waals surface area contributed by atoms with Crippen molar-refractivity contribution in [2.45, 2.75) is 33.2 Å². The second-order valence-corrected chi connectivity index (χ2v) is 4.51. The molecule has 114 valence electrons. The minimum atomic E-state index is 0.644. The van der Waals surface area contributed by atoms with E-state index >= 15 is 0 Å². The van der Waals surface area contributed by atoms with Crippen molar-refractivity contribution in [3.05, 3.63) is 23.8 Å². The molecular weight excluding hydrogens is 254 g/mol. The number of ether oxygens (including phenoxy) is 3. The van der Waals surface area contributed by atoms with Gasteiger partial charge in [-0.25, -0.2) is 0 Å². The highest BCUT2D eigenvalue weighted by molar-refractivity contribution is 5.46. The van der Waals surface area contributed by atoms with Crippen LogP contribution in [0.1, 0.15) is 32.3 Å². The third-order valence-corrected chi connectivity index (χ3v) is 2.91. The molecule has 0 aliphatic heterocycles. The highest BCUT2D eigenvalue weighted by Gasteiger charge is 2.10. The molecule has 4 heteroatoms. The van der Waals surface area contributed by atoms with Crippen molar-refractivity contribution >= 4 is 0 Å². The van der Waals surface area contributed by atoms with Crippen molar-refractivity contribution in [3.63, 3.8) is 0 Å². The van der Waals surface area contributed by atoms with Crippen molar-refractivity contribution in [3.8, 4) is 11.5 Å². The van der Waals surface area contributed by atoms with Crippen molar-refractivity contribution in [1.29, 1.82) is 0 Å². The number of rotatable bonds is 11. The summed E-state index contributed by atoms with van der Waals surface area (Å²) in [6.45, 7) is 7.92. The van der Waals surface area contributed by atoms with Gasteiger partial charge in [0.25, 0.3) is 0 Å². The van der Waals surface area contributed by atoms with E-state index in [2.05, 4.69) is 18.3 Å². The average molecular weight is 281 g/mol. The van der Waals surface area contributed by atoms with E-state index in [1.807, 2.05) is 19.1 Å². The van der Waals surface area contributed by atoms with Crippen LogP contribution in [0.5, 0.6) is 11.5 Å². The van der Waals surface area contributed by atoms with Crippen molar-refractivity contribution in [2.24, 2.45) is 0 Å². The normalized spacial score (nSPS) is 10.6.